The number of rotatable bonds is 12. The van der Waals surface area contributed by atoms with Crippen LogP contribution in [0, 0.1) is 0 Å². The lowest BCUT2D eigenvalue weighted by Gasteiger charge is -2.23. The molecule has 0 aliphatic heterocycles. The number of ether oxygens (including phenoxy) is 1. The van der Waals surface area contributed by atoms with Crippen LogP contribution in [0.4, 0.5) is 15.6 Å². The van der Waals surface area contributed by atoms with E-state index in [1.54, 1.807) is 20.8 Å². The van der Waals surface area contributed by atoms with E-state index in [0.29, 0.717) is 6.54 Å². The second-order valence-electron chi connectivity index (χ2n) is 10.3. The number of carbonyl (C=O) groups is 6. The van der Waals surface area contributed by atoms with Crippen molar-refractivity contribution in [3.05, 3.63) is 76.8 Å². The highest BCUT2D eigenvalue weighted by molar-refractivity contribution is 7.14. The number of nitrogens with one attached hydrogen (secondary N) is 5. The second kappa shape index (κ2) is 15.2. The van der Waals surface area contributed by atoms with E-state index in [1.807, 2.05) is 30.3 Å². The zero-order valence-corrected chi connectivity index (χ0v) is 24.9. The summed E-state index contributed by atoms with van der Waals surface area (Å²) in [5.41, 5.74) is -0.259. The van der Waals surface area contributed by atoms with Crippen molar-refractivity contribution in [3.8, 4) is 0 Å². The number of aromatic nitrogens is 1. The van der Waals surface area contributed by atoms with Crippen LogP contribution in [0.5, 0.6) is 0 Å². The summed E-state index contributed by atoms with van der Waals surface area (Å²) in [6.07, 6.45) is -0.564. The maximum absolute atomic E-state index is 13.0. The van der Waals surface area contributed by atoms with Gasteiger partial charge in [0.25, 0.3) is 5.91 Å². The van der Waals surface area contributed by atoms with Crippen molar-refractivity contribution in [2.75, 3.05) is 17.2 Å². The predicted molar refractivity (Wildman–Crippen MR) is 161 cm³/mol. The third-order valence-corrected chi connectivity index (χ3v) is 6.28. The molecular formula is C29H32N6O8S. The number of carboxylic acids is 1. The minimum atomic E-state index is -1.46. The summed E-state index contributed by atoms with van der Waals surface area (Å²) in [5, 5.41) is 23.3. The van der Waals surface area contributed by atoms with Gasteiger partial charge in [-0.25, -0.2) is 14.6 Å². The van der Waals surface area contributed by atoms with Gasteiger partial charge in [0, 0.05) is 11.9 Å². The lowest BCUT2D eigenvalue weighted by Crippen LogP contribution is -2.49. The molecule has 15 heteroatoms. The molecule has 0 saturated heterocycles. The van der Waals surface area contributed by atoms with Crippen molar-refractivity contribution >= 4 is 57.8 Å². The van der Waals surface area contributed by atoms with E-state index in [1.165, 1.54) is 29.6 Å². The third kappa shape index (κ3) is 10.8. The molecule has 1 aromatic heterocycles. The number of hydrogen-bond donors (Lipinski definition) is 6. The summed E-state index contributed by atoms with van der Waals surface area (Å²) in [7, 11) is 0. The summed E-state index contributed by atoms with van der Waals surface area (Å²) >= 11 is 1.00. The van der Waals surface area contributed by atoms with Crippen molar-refractivity contribution in [2.24, 2.45) is 0 Å². The molecule has 14 nitrogen and oxygen atoms in total. The average Bonchev–Trinajstić information content (AvgIpc) is 3.42. The van der Waals surface area contributed by atoms with Crippen molar-refractivity contribution in [3.63, 3.8) is 0 Å². The van der Waals surface area contributed by atoms with Gasteiger partial charge < -0.3 is 31.1 Å². The Labute approximate surface area is 256 Å². The molecule has 3 aromatic rings. The molecular weight excluding hydrogens is 592 g/mol. The van der Waals surface area contributed by atoms with Crippen LogP contribution in [0.15, 0.2) is 60.0 Å². The Hall–Kier alpha value is -5.31. The number of amides is 5. The van der Waals surface area contributed by atoms with Crippen LogP contribution >= 0.6 is 11.3 Å². The number of hydrogen-bond acceptors (Lipinski definition) is 9. The molecule has 1 heterocycles. The van der Waals surface area contributed by atoms with Gasteiger partial charge in [-0.15, -0.1) is 11.3 Å². The average molecular weight is 625 g/mol. The Kier molecular flexibility index (Phi) is 11.5. The SMILES string of the molecule is CC(C)(C)OC(=O)C[C@H](NC(=O)CNC(=O)c1csc(NC(=O)NCc2ccccc2)n1)C(=O)Nc1ccccc1C(=O)O. The van der Waals surface area contributed by atoms with Crippen LogP contribution in [-0.4, -0.2) is 64.0 Å². The number of anilines is 2. The third-order valence-electron chi connectivity index (χ3n) is 5.52. The molecule has 3 rings (SSSR count). The number of aromatic carboxylic acids is 1. The number of thiazole rings is 1. The van der Waals surface area contributed by atoms with Gasteiger partial charge in [-0.3, -0.25) is 24.5 Å². The van der Waals surface area contributed by atoms with Crippen molar-refractivity contribution < 1.29 is 38.6 Å². The van der Waals surface area contributed by atoms with Crippen LogP contribution in [0.1, 0.15) is 53.6 Å². The molecule has 2 aromatic carbocycles. The molecule has 5 amide bonds. The highest BCUT2D eigenvalue weighted by atomic mass is 32.1. The molecule has 0 aliphatic rings. The summed E-state index contributed by atoms with van der Waals surface area (Å²) < 4.78 is 5.26. The first-order chi connectivity index (χ1) is 20.8. The molecule has 0 spiro atoms. The molecule has 6 N–H and O–H groups in total. The smallest absolute Gasteiger partial charge is 0.337 e. The minimum absolute atomic E-state index is 0.0385. The van der Waals surface area contributed by atoms with Gasteiger partial charge >= 0.3 is 18.0 Å². The fourth-order valence-corrected chi connectivity index (χ4v) is 4.29. The van der Waals surface area contributed by atoms with Gasteiger partial charge in [0.2, 0.25) is 11.8 Å². The highest BCUT2D eigenvalue weighted by Gasteiger charge is 2.28. The van der Waals surface area contributed by atoms with E-state index in [0.717, 1.165) is 16.9 Å². The van der Waals surface area contributed by atoms with Gasteiger partial charge in [-0.1, -0.05) is 42.5 Å². The van der Waals surface area contributed by atoms with Crippen LogP contribution in [0.25, 0.3) is 0 Å². The van der Waals surface area contributed by atoms with Crippen LogP contribution in [-0.2, 0) is 25.7 Å². The molecule has 0 fully saturated rings. The number of carbonyl (C=O) groups excluding carboxylic acids is 5. The fourth-order valence-electron chi connectivity index (χ4n) is 3.61. The Morgan fingerprint density at radius 2 is 1.61 bits per heavy atom. The second-order valence-corrected chi connectivity index (χ2v) is 11.1. The number of para-hydroxylation sites is 1. The molecule has 0 aliphatic carbocycles. The zero-order valence-electron chi connectivity index (χ0n) is 24.1. The molecule has 232 valence electrons. The van der Waals surface area contributed by atoms with E-state index in [-0.39, 0.29) is 22.1 Å². The van der Waals surface area contributed by atoms with Crippen LogP contribution in [0.2, 0.25) is 0 Å². The number of carboxylic acid groups (broad SMARTS) is 1. The highest BCUT2D eigenvalue weighted by Crippen LogP contribution is 2.17. The maximum atomic E-state index is 13.0. The first-order valence-electron chi connectivity index (χ1n) is 13.3. The van der Waals surface area contributed by atoms with E-state index < -0.39 is 60.3 Å². The summed E-state index contributed by atoms with van der Waals surface area (Å²) in [6.45, 7) is 4.61. The van der Waals surface area contributed by atoms with Crippen molar-refractivity contribution in [1.82, 2.24) is 20.9 Å². The van der Waals surface area contributed by atoms with E-state index in [4.69, 9.17) is 4.74 Å². The largest absolute Gasteiger partial charge is 0.478 e. The summed E-state index contributed by atoms with van der Waals surface area (Å²) in [5.74, 6) is -4.49. The molecule has 0 bridgehead atoms. The van der Waals surface area contributed by atoms with Crippen LogP contribution in [0.3, 0.4) is 0 Å². The molecule has 0 radical (unpaired) electrons. The number of benzene rings is 2. The lowest BCUT2D eigenvalue weighted by atomic mass is 10.1. The minimum Gasteiger partial charge on any atom is -0.478 e. The van der Waals surface area contributed by atoms with Crippen LogP contribution < -0.4 is 26.6 Å². The Bertz CT molecular complexity index is 1520. The van der Waals surface area contributed by atoms with E-state index in [9.17, 15) is 33.9 Å². The van der Waals surface area contributed by atoms with E-state index in [2.05, 4.69) is 31.6 Å². The standard InChI is InChI=1S/C29H32N6O8S/c1-29(2,3)43-23(37)13-20(25(39)33-19-12-8-7-11-18(19)26(40)41)32-22(36)15-30-24(38)21-16-44-28(34-21)35-27(42)31-14-17-9-5-4-6-10-17/h4-12,16,20H,13-15H2,1-3H3,(H,30,38)(H,32,36)(H,33,39)(H,40,41)(H2,31,34,35,42)/t20-/m0/s1. The quantitative estimate of drug-likeness (QED) is 0.164. The molecule has 1 atom stereocenters. The van der Waals surface area contributed by atoms with E-state index >= 15 is 0 Å². The first kappa shape index (κ1) is 33.2. The Morgan fingerprint density at radius 3 is 2.30 bits per heavy atom. The lowest BCUT2D eigenvalue weighted by molar-refractivity contribution is -0.156. The first-order valence-corrected chi connectivity index (χ1v) is 14.2. The van der Waals surface area contributed by atoms with Crippen molar-refractivity contribution in [2.45, 2.75) is 45.4 Å². The Balaban J connectivity index is 1.57. The van der Waals surface area contributed by atoms with Crippen molar-refractivity contribution in [1.29, 1.82) is 0 Å². The van der Waals surface area contributed by atoms with Gasteiger partial charge in [0.05, 0.1) is 24.2 Å². The normalized spacial score (nSPS) is 11.4. The molecule has 0 saturated carbocycles. The maximum Gasteiger partial charge on any atom is 0.337 e. The summed E-state index contributed by atoms with van der Waals surface area (Å²) in [4.78, 5) is 78.5. The predicted octanol–water partition coefficient (Wildman–Crippen LogP) is 2.75. The monoisotopic (exact) mass is 624 g/mol. The fraction of sp³-hybridized carbons (Fsp3) is 0.276. The van der Waals surface area contributed by atoms with Gasteiger partial charge in [0.15, 0.2) is 5.13 Å². The van der Waals surface area contributed by atoms with Gasteiger partial charge in [-0.2, -0.15) is 0 Å². The summed E-state index contributed by atoms with van der Waals surface area (Å²) in [6, 6.07) is 12.9. The van der Waals surface area contributed by atoms with Gasteiger partial charge in [-0.05, 0) is 38.5 Å². The zero-order chi connectivity index (χ0) is 32.3. The topological polar surface area (TPSA) is 205 Å². The number of esters is 1. The van der Waals surface area contributed by atoms with Gasteiger partial charge in [0.1, 0.15) is 17.3 Å². The molecule has 0 unspecified atom stereocenters. The Morgan fingerprint density at radius 1 is 0.932 bits per heavy atom. The molecule has 44 heavy (non-hydrogen) atoms. The number of urea groups is 1. The number of nitrogens with zero attached hydrogens (tertiary/aromatic N) is 1.